The molecule has 7 nitrogen and oxygen atoms in total. The van der Waals surface area contributed by atoms with Gasteiger partial charge in [-0.15, -0.1) is 5.10 Å². The molecule has 0 aliphatic rings. The minimum atomic E-state index is -4.60. The molecule has 0 saturated carbocycles. The van der Waals surface area contributed by atoms with Crippen LogP contribution in [0.15, 0.2) is 30.5 Å². The highest BCUT2D eigenvalue weighted by atomic mass is 19.4. The highest BCUT2D eigenvalue weighted by Crippen LogP contribution is 2.34. The first-order valence-electron chi connectivity index (χ1n) is 7.04. The van der Waals surface area contributed by atoms with E-state index in [0.29, 0.717) is 0 Å². The van der Waals surface area contributed by atoms with Gasteiger partial charge < -0.3 is 15.4 Å². The van der Waals surface area contributed by atoms with E-state index in [4.69, 9.17) is 4.74 Å². The van der Waals surface area contributed by atoms with E-state index >= 15 is 0 Å². The van der Waals surface area contributed by atoms with Gasteiger partial charge >= 0.3 is 6.18 Å². The molecule has 0 bridgehead atoms. The molecule has 0 aliphatic heterocycles. The summed E-state index contributed by atoms with van der Waals surface area (Å²) in [6.45, 7) is -0.511. The molecule has 134 valence electrons. The zero-order valence-corrected chi connectivity index (χ0v) is 13.3. The maximum absolute atomic E-state index is 12.9. The van der Waals surface area contributed by atoms with E-state index in [1.165, 1.54) is 30.1 Å². The molecule has 2 amide bonds. The Morgan fingerprint density at radius 3 is 2.60 bits per heavy atom. The van der Waals surface area contributed by atoms with Crippen LogP contribution in [0.3, 0.4) is 0 Å². The van der Waals surface area contributed by atoms with Crippen molar-refractivity contribution in [3.05, 3.63) is 41.6 Å². The Morgan fingerprint density at radius 1 is 1.28 bits per heavy atom. The number of halogens is 3. The summed E-state index contributed by atoms with van der Waals surface area (Å²) in [6.07, 6.45) is -3.21. The number of hydrogen-bond acceptors (Lipinski definition) is 4. The lowest BCUT2D eigenvalue weighted by Gasteiger charge is -2.13. The van der Waals surface area contributed by atoms with Crippen LogP contribution in [0.1, 0.15) is 15.9 Å². The van der Waals surface area contributed by atoms with E-state index in [-0.39, 0.29) is 17.1 Å². The van der Waals surface area contributed by atoms with Crippen LogP contribution in [-0.2, 0) is 18.0 Å². The molecule has 1 heterocycles. The number of amides is 2. The van der Waals surface area contributed by atoms with Crippen LogP contribution in [0, 0.1) is 0 Å². The predicted molar refractivity (Wildman–Crippen MR) is 82.2 cm³/mol. The number of hydrogen-bond donors (Lipinski definition) is 2. The summed E-state index contributed by atoms with van der Waals surface area (Å²) in [5.74, 6) is -1.36. The van der Waals surface area contributed by atoms with E-state index in [0.717, 1.165) is 12.1 Å². The lowest BCUT2D eigenvalue weighted by molar-refractivity contribution is -0.137. The third-order valence-corrected chi connectivity index (χ3v) is 3.15. The van der Waals surface area contributed by atoms with Crippen molar-refractivity contribution in [2.75, 3.05) is 19.0 Å². The van der Waals surface area contributed by atoms with E-state index in [1.54, 1.807) is 7.05 Å². The molecule has 0 saturated heterocycles. The van der Waals surface area contributed by atoms with Gasteiger partial charge in [-0.3, -0.25) is 14.3 Å². The maximum atomic E-state index is 12.9. The number of alkyl halides is 3. The van der Waals surface area contributed by atoms with E-state index < -0.39 is 30.1 Å². The van der Waals surface area contributed by atoms with Crippen molar-refractivity contribution < 1.29 is 27.5 Å². The van der Waals surface area contributed by atoms with Gasteiger partial charge in [0.15, 0.2) is 0 Å². The minimum Gasteiger partial charge on any atom is -0.479 e. The zero-order chi connectivity index (χ0) is 18.6. The topological polar surface area (TPSA) is 85.2 Å². The van der Waals surface area contributed by atoms with E-state index in [9.17, 15) is 22.8 Å². The number of ether oxygens (including phenoxy) is 1. The van der Waals surface area contributed by atoms with Crippen LogP contribution in [0.4, 0.5) is 18.9 Å². The number of rotatable bonds is 5. The fraction of sp³-hybridized carbons (Fsp3) is 0.267. The molecule has 0 atom stereocenters. The lowest BCUT2D eigenvalue weighted by Crippen LogP contribution is -2.33. The van der Waals surface area contributed by atoms with E-state index in [2.05, 4.69) is 15.7 Å². The number of anilines is 1. The monoisotopic (exact) mass is 356 g/mol. The average Bonchev–Trinajstić information content (AvgIpc) is 2.93. The summed E-state index contributed by atoms with van der Waals surface area (Å²) in [5, 5.41) is 8.32. The first kappa shape index (κ1) is 18.3. The molecular formula is C15H15F3N4O3. The number of carbonyl (C=O) groups excluding carboxylic acids is 2. The fourth-order valence-electron chi connectivity index (χ4n) is 2.06. The third kappa shape index (κ3) is 4.49. The van der Waals surface area contributed by atoms with Crippen molar-refractivity contribution in [1.82, 2.24) is 15.1 Å². The number of para-hydroxylation sites is 1. The van der Waals surface area contributed by atoms with Crippen LogP contribution in [-0.4, -0.2) is 35.2 Å². The second kappa shape index (κ2) is 7.24. The Morgan fingerprint density at radius 2 is 1.96 bits per heavy atom. The summed E-state index contributed by atoms with van der Waals surface area (Å²) in [5.41, 5.74) is -1.25. The van der Waals surface area contributed by atoms with Gasteiger partial charge in [-0.1, -0.05) is 12.1 Å². The quantitative estimate of drug-likeness (QED) is 0.856. The highest BCUT2D eigenvalue weighted by molar-refractivity contribution is 6.00. The summed E-state index contributed by atoms with van der Waals surface area (Å²) < 4.78 is 44.9. The number of benzene rings is 1. The molecule has 2 rings (SSSR count). The summed E-state index contributed by atoms with van der Waals surface area (Å²) in [7, 11) is 2.92. The number of nitrogens with zero attached hydrogens (tertiary/aromatic N) is 2. The number of aromatic nitrogens is 2. The second-order valence-corrected chi connectivity index (χ2v) is 5.00. The Balaban J connectivity index is 2.01. The predicted octanol–water partition coefficient (Wildman–Crippen LogP) is 1.82. The van der Waals surface area contributed by atoms with Gasteiger partial charge in [0.1, 0.15) is 5.56 Å². The highest BCUT2D eigenvalue weighted by Gasteiger charge is 2.33. The van der Waals surface area contributed by atoms with Crippen LogP contribution in [0.25, 0.3) is 0 Å². The van der Waals surface area contributed by atoms with Crippen molar-refractivity contribution in [3.8, 4) is 5.88 Å². The van der Waals surface area contributed by atoms with Crippen molar-refractivity contribution >= 4 is 17.5 Å². The van der Waals surface area contributed by atoms with Crippen LogP contribution < -0.4 is 15.4 Å². The molecule has 2 aromatic rings. The molecule has 0 radical (unpaired) electrons. The molecule has 2 N–H and O–H groups in total. The van der Waals surface area contributed by atoms with Crippen molar-refractivity contribution in [2.45, 2.75) is 6.18 Å². The van der Waals surface area contributed by atoms with E-state index in [1.807, 2.05) is 0 Å². The Labute approximate surface area is 140 Å². The zero-order valence-electron chi connectivity index (χ0n) is 13.3. The molecule has 25 heavy (non-hydrogen) atoms. The average molecular weight is 356 g/mol. The normalized spacial score (nSPS) is 11.1. The SMILES string of the molecule is COc1nn(C)cc1C(=O)NCC(=O)Nc1ccccc1C(F)(F)F. The molecular weight excluding hydrogens is 341 g/mol. The molecule has 10 heteroatoms. The first-order valence-corrected chi connectivity index (χ1v) is 7.04. The lowest BCUT2D eigenvalue weighted by atomic mass is 10.1. The van der Waals surface area contributed by atoms with Gasteiger partial charge in [-0.2, -0.15) is 13.2 Å². The van der Waals surface area contributed by atoms with Crippen molar-refractivity contribution in [2.24, 2.45) is 7.05 Å². The standard InChI is InChI=1S/C15H15F3N4O3/c1-22-8-9(14(21-22)25-2)13(24)19-7-12(23)20-11-6-4-3-5-10(11)15(16,17)18/h3-6,8H,7H2,1-2H3,(H,19,24)(H,20,23). The molecule has 0 spiro atoms. The van der Waals surface area contributed by atoms with Gasteiger partial charge in [-0.05, 0) is 12.1 Å². The fourth-order valence-corrected chi connectivity index (χ4v) is 2.06. The molecule has 0 unspecified atom stereocenters. The second-order valence-electron chi connectivity index (χ2n) is 5.00. The Hall–Kier alpha value is -3.04. The molecule has 0 fully saturated rings. The molecule has 1 aromatic heterocycles. The van der Waals surface area contributed by atoms with Crippen LogP contribution in [0.5, 0.6) is 5.88 Å². The largest absolute Gasteiger partial charge is 0.479 e. The molecule has 1 aromatic carbocycles. The van der Waals surface area contributed by atoms with Gasteiger partial charge in [-0.25, -0.2) is 0 Å². The maximum Gasteiger partial charge on any atom is 0.418 e. The first-order chi connectivity index (χ1) is 11.7. The molecule has 0 aliphatic carbocycles. The van der Waals surface area contributed by atoms with Gasteiger partial charge in [0, 0.05) is 13.2 Å². The summed E-state index contributed by atoms with van der Waals surface area (Å²) in [6, 6.07) is 4.57. The smallest absolute Gasteiger partial charge is 0.418 e. The summed E-state index contributed by atoms with van der Waals surface area (Å²) >= 11 is 0. The van der Waals surface area contributed by atoms with Crippen molar-refractivity contribution in [3.63, 3.8) is 0 Å². The number of carbonyl (C=O) groups is 2. The van der Waals surface area contributed by atoms with Crippen LogP contribution in [0.2, 0.25) is 0 Å². The number of aryl methyl sites for hydroxylation is 1. The van der Waals surface area contributed by atoms with Gasteiger partial charge in [0.2, 0.25) is 11.8 Å². The summed E-state index contributed by atoms with van der Waals surface area (Å²) in [4.78, 5) is 23.9. The number of methoxy groups -OCH3 is 1. The van der Waals surface area contributed by atoms with Crippen molar-refractivity contribution in [1.29, 1.82) is 0 Å². The minimum absolute atomic E-state index is 0.0721. The number of nitrogens with one attached hydrogen (secondary N) is 2. The Kier molecular flexibility index (Phi) is 5.30. The Bertz CT molecular complexity index is 787. The van der Waals surface area contributed by atoms with Gasteiger partial charge in [0.05, 0.1) is 24.9 Å². The third-order valence-electron chi connectivity index (χ3n) is 3.15. The van der Waals surface area contributed by atoms with Crippen LogP contribution >= 0.6 is 0 Å². The van der Waals surface area contributed by atoms with Gasteiger partial charge in [0.25, 0.3) is 5.91 Å².